The number of nitrogens with two attached hydrogens (primary N) is 1. The van der Waals surface area contributed by atoms with Gasteiger partial charge in [-0.2, -0.15) is 0 Å². The summed E-state index contributed by atoms with van der Waals surface area (Å²) in [6.07, 6.45) is 0. The molecule has 0 atom stereocenters. The highest BCUT2D eigenvalue weighted by atomic mass is 32.1. The molecule has 0 unspecified atom stereocenters. The third-order valence-corrected chi connectivity index (χ3v) is 1.88. The average molecular weight is 161 g/mol. The molecule has 0 amide bonds. The van der Waals surface area contributed by atoms with Crippen LogP contribution in [0, 0.1) is 0 Å². The maximum Gasteiger partial charge on any atom is 0.185 e. The maximum atomic E-state index is 5.44. The van der Waals surface area contributed by atoms with Crippen LogP contribution in [0.1, 0.15) is 13.8 Å². The number of thiocarbonyl (C=S) groups is 1. The van der Waals surface area contributed by atoms with Crippen LogP contribution in [0.5, 0.6) is 0 Å². The zero-order valence-electron chi connectivity index (χ0n) is 6.79. The zero-order valence-corrected chi connectivity index (χ0v) is 7.61. The van der Waals surface area contributed by atoms with Crippen LogP contribution in [0.4, 0.5) is 0 Å². The summed E-state index contributed by atoms with van der Waals surface area (Å²) in [5.74, 6) is 5.44. The van der Waals surface area contributed by atoms with E-state index in [-0.39, 0.29) is 0 Å². The largest absolute Gasteiger partial charge is 0.349 e. The zero-order chi connectivity index (χ0) is 8.15. The fourth-order valence-corrected chi connectivity index (χ4v) is 0.975. The standard InChI is InChI=1S/C6H15N3S/c1-4-9(5-2)6(10)8(3)7/h4-5,7H2,1-3H3. The predicted molar refractivity (Wildman–Crippen MR) is 47.5 cm³/mol. The molecule has 0 rings (SSSR count). The molecule has 3 nitrogen and oxygen atoms in total. The molecule has 0 aromatic carbocycles. The Balaban J connectivity index is 3.89. The quantitative estimate of drug-likeness (QED) is 0.361. The van der Waals surface area contributed by atoms with Crippen molar-refractivity contribution in [2.45, 2.75) is 13.8 Å². The van der Waals surface area contributed by atoms with Gasteiger partial charge in [-0.1, -0.05) is 0 Å². The highest BCUT2D eigenvalue weighted by molar-refractivity contribution is 7.80. The molecule has 0 saturated carbocycles. The van der Waals surface area contributed by atoms with Gasteiger partial charge in [0.15, 0.2) is 5.11 Å². The summed E-state index contributed by atoms with van der Waals surface area (Å²) >= 11 is 5.02. The van der Waals surface area contributed by atoms with E-state index in [4.69, 9.17) is 18.1 Å². The minimum atomic E-state index is 0.699. The first-order chi connectivity index (χ1) is 4.63. The van der Waals surface area contributed by atoms with E-state index in [1.54, 1.807) is 7.05 Å². The Morgan fingerprint density at radius 2 is 1.80 bits per heavy atom. The molecular weight excluding hydrogens is 146 g/mol. The lowest BCUT2D eigenvalue weighted by Crippen LogP contribution is -2.44. The third kappa shape index (κ3) is 2.49. The first-order valence-corrected chi connectivity index (χ1v) is 3.81. The van der Waals surface area contributed by atoms with Gasteiger partial charge >= 0.3 is 0 Å². The Hall–Kier alpha value is -0.350. The SMILES string of the molecule is CCN(CC)C(=S)N(C)N. The van der Waals surface area contributed by atoms with E-state index in [1.165, 1.54) is 5.01 Å². The molecule has 0 aliphatic rings. The van der Waals surface area contributed by atoms with Crippen LogP contribution in [-0.2, 0) is 0 Å². The minimum Gasteiger partial charge on any atom is -0.349 e. The van der Waals surface area contributed by atoms with Crippen molar-refractivity contribution in [2.24, 2.45) is 5.84 Å². The molecule has 0 aromatic rings. The topological polar surface area (TPSA) is 32.5 Å². The van der Waals surface area contributed by atoms with Gasteiger partial charge in [-0.3, -0.25) is 5.01 Å². The Bertz CT molecular complexity index is 110. The number of hydrogen-bond donors (Lipinski definition) is 1. The van der Waals surface area contributed by atoms with Crippen molar-refractivity contribution >= 4 is 17.3 Å². The molecular formula is C6H15N3S. The van der Waals surface area contributed by atoms with Gasteiger partial charge in [-0.15, -0.1) is 0 Å². The fraction of sp³-hybridized carbons (Fsp3) is 0.833. The second-order valence-corrected chi connectivity index (χ2v) is 2.43. The Morgan fingerprint density at radius 3 is 1.90 bits per heavy atom. The van der Waals surface area contributed by atoms with Gasteiger partial charge in [0.25, 0.3) is 0 Å². The van der Waals surface area contributed by atoms with Gasteiger partial charge in [-0.25, -0.2) is 5.84 Å². The van der Waals surface area contributed by atoms with Gasteiger partial charge < -0.3 is 4.90 Å². The highest BCUT2D eigenvalue weighted by Gasteiger charge is 2.05. The molecule has 0 aliphatic heterocycles. The lowest BCUT2D eigenvalue weighted by atomic mass is 10.5. The van der Waals surface area contributed by atoms with E-state index in [1.807, 2.05) is 4.90 Å². The summed E-state index contributed by atoms with van der Waals surface area (Å²) in [7, 11) is 1.75. The van der Waals surface area contributed by atoms with Crippen LogP contribution in [0.15, 0.2) is 0 Å². The van der Waals surface area contributed by atoms with Crippen molar-refractivity contribution in [3.05, 3.63) is 0 Å². The summed E-state index contributed by atoms with van der Waals surface area (Å²) in [5.41, 5.74) is 0. The van der Waals surface area contributed by atoms with Gasteiger partial charge in [0.1, 0.15) is 0 Å². The summed E-state index contributed by atoms with van der Waals surface area (Å²) in [5, 5.41) is 2.16. The number of hydrazine groups is 1. The molecule has 4 heteroatoms. The van der Waals surface area contributed by atoms with E-state index in [9.17, 15) is 0 Å². The molecule has 2 N–H and O–H groups in total. The molecule has 60 valence electrons. The minimum absolute atomic E-state index is 0.699. The number of rotatable bonds is 2. The third-order valence-electron chi connectivity index (χ3n) is 1.34. The van der Waals surface area contributed by atoms with Crippen LogP contribution in [0.2, 0.25) is 0 Å². The van der Waals surface area contributed by atoms with Crippen LogP contribution >= 0.6 is 12.2 Å². The van der Waals surface area contributed by atoms with Crippen molar-refractivity contribution in [1.82, 2.24) is 9.91 Å². The molecule has 0 aliphatic carbocycles. The van der Waals surface area contributed by atoms with Crippen molar-refractivity contribution < 1.29 is 0 Å². The van der Waals surface area contributed by atoms with Gasteiger partial charge in [0.05, 0.1) is 0 Å². The smallest absolute Gasteiger partial charge is 0.185 e. The fourth-order valence-electron chi connectivity index (χ4n) is 0.717. The second-order valence-electron chi connectivity index (χ2n) is 2.07. The van der Waals surface area contributed by atoms with Crippen LogP contribution in [0.3, 0.4) is 0 Å². The normalized spacial score (nSPS) is 9.20. The van der Waals surface area contributed by atoms with E-state index in [0.29, 0.717) is 5.11 Å². The molecule has 0 radical (unpaired) electrons. The van der Waals surface area contributed by atoms with Gasteiger partial charge in [-0.05, 0) is 26.1 Å². The van der Waals surface area contributed by atoms with E-state index >= 15 is 0 Å². The molecule has 0 saturated heterocycles. The summed E-state index contributed by atoms with van der Waals surface area (Å²) in [4.78, 5) is 2.02. The average Bonchev–Trinajstić information content (AvgIpc) is 1.90. The van der Waals surface area contributed by atoms with Crippen molar-refractivity contribution in [1.29, 1.82) is 0 Å². The first-order valence-electron chi connectivity index (χ1n) is 3.40. The van der Waals surface area contributed by atoms with Crippen LogP contribution < -0.4 is 5.84 Å². The first kappa shape index (κ1) is 9.65. The molecule has 0 heterocycles. The van der Waals surface area contributed by atoms with Gasteiger partial charge in [0, 0.05) is 20.1 Å². The van der Waals surface area contributed by atoms with Crippen LogP contribution in [0.25, 0.3) is 0 Å². The molecule has 0 aromatic heterocycles. The number of nitrogens with zero attached hydrogens (tertiary/aromatic N) is 2. The van der Waals surface area contributed by atoms with E-state index in [2.05, 4.69) is 13.8 Å². The van der Waals surface area contributed by atoms with E-state index < -0.39 is 0 Å². The summed E-state index contributed by atoms with van der Waals surface area (Å²) < 4.78 is 0. The van der Waals surface area contributed by atoms with Gasteiger partial charge in [0.2, 0.25) is 0 Å². The molecule has 0 fully saturated rings. The van der Waals surface area contributed by atoms with Crippen molar-refractivity contribution in [3.8, 4) is 0 Å². The molecule has 10 heavy (non-hydrogen) atoms. The van der Waals surface area contributed by atoms with E-state index in [0.717, 1.165) is 13.1 Å². The lowest BCUT2D eigenvalue weighted by Gasteiger charge is -2.25. The predicted octanol–water partition coefficient (Wildman–Crippen LogP) is 0.419. The molecule has 0 bridgehead atoms. The van der Waals surface area contributed by atoms with Crippen molar-refractivity contribution in [2.75, 3.05) is 20.1 Å². The number of hydrogen-bond acceptors (Lipinski definition) is 2. The highest BCUT2D eigenvalue weighted by Crippen LogP contribution is 1.91. The van der Waals surface area contributed by atoms with Crippen LogP contribution in [-0.4, -0.2) is 35.2 Å². The Kier molecular flexibility index (Phi) is 4.31. The molecule has 0 spiro atoms. The maximum absolute atomic E-state index is 5.44. The Morgan fingerprint density at radius 1 is 1.40 bits per heavy atom. The summed E-state index contributed by atoms with van der Waals surface area (Å²) in [6, 6.07) is 0. The van der Waals surface area contributed by atoms with Crippen molar-refractivity contribution in [3.63, 3.8) is 0 Å². The monoisotopic (exact) mass is 161 g/mol. The second kappa shape index (κ2) is 4.46. The Labute approximate surface area is 67.8 Å². The summed E-state index contributed by atoms with van der Waals surface area (Å²) in [6.45, 7) is 5.94. The lowest BCUT2D eigenvalue weighted by molar-refractivity contribution is 0.388.